The number of carboxylic acids is 2. The predicted molar refractivity (Wildman–Crippen MR) is 254 cm³/mol. The van der Waals surface area contributed by atoms with Gasteiger partial charge in [0.1, 0.15) is 35.9 Å². The second-order valence-electron chi connectivity index (χ2n) is 18.4. The number of amides is 7. The number of methoxy groups -OCH3 is 1. The quantitative estimate of drug-likeness (QED) is 0.105. The molecule has 1 heterocycles. The SMILES string of the molecule is C=C1C(=O)NC(C)C(=O)N[C@@H](CC(C)C)C(=O)N[C@@H](C(=O)O)[C@H](C)C(=O)N[C@@H](CC(C)C)C(=O)N[C@@H](/C=C/C(C)=C/[C@H](C)[C@H](Cc2ccccc2)OC)[C@H](C)C(=O)N[C@@H](C(=O)O)CCC(=O)N1C. The van der Waals surface area contributed by atoms with Crippen LogP contribution in [-0.2, 0) is 54.3 Å². The third kappa shape index (κ3) is 18.4. The Bertz CT molecular complexity index is 2040. The molecular formula is C49H73N7O12. The van der Waals surface area contributed by atoms with Gasteiger partial charge in [0, 0.05) is 26.5 Å². The molecule has 1 unspecified atom stereocenters. The van der Waals surface area contributed by atoms with Gasteiger partial charge in [0.05, 0.1) is 24.0 Å². The minimum absolute atomic E-state index is 0.0325. The fourth-order valence-corrected chi connectivity index (χ4v) is 7.39. The molecule has 1 aliphatic rings. The number of hydrogen-bond donors (Lipinski definition) is 8. The largest absolute Gasteiger partial charge is 0.480 e. The first-order valence-electron chi connectivity index (χ1n) is 22.9. The van der Waals surface area contributed by atoms with Crippen LogP contribution in [0.5, 0.6) is 0 Å². The van der Waals surface area contributed by atoms with Crippen molar-refractivity contribution in [2.75, 3.05) is 14.2 Å². The molecule has 1 aromatic carbocycles. The van der Waals surface area contributed by atoms with Crippen LogP contribution in [0.3, 0.4) is 0 Å². The Balaban J connectivity index is 2.68. The van der Waals surface area contributed by atoms with Crippen LogP contribution in [0.2, 0.25) is 0 Å². The average molecular weight is 952 g/mol. The average Bonchev–Trinajstić information content (AvgIpc) is 3.27. The fraction of sp³-hybridized carbons (Fsp3) is 0.571. The third-order valence-corrected chi connectivity index (χ3v) is 11.7. The molecule has 1 fully saturated rings. The number of benzene rings is 1. The molecule has 376 valence electrons. The molecule has 0 radical (unpaired) electrons. The number of carbonyl (C=O) groups excluding carboxylic acids is 7. The summed E-state index contributed by atoms with van der Waals surface area (Å²) in [5.41, 5.74) is 1.43. The summed E-state index contributed by atoms with van der Waals surface area (Å²) < 4.78 is 5.81. The number of nitrogens with zero attached hydrogens (tertiary/aromatic N) is 1. The molecule has 8 N–H and O–H groups in total. The number of carboxylic acid groups (broad SMARTS) is 2. The van der Waals surface area contributed by atoms with Crippen molar-refractivity contribution in [2.45, 2.75) is 137 Å². The van der Waals surface area contributed by atoms with Crippen LogP contribution in [0.1, 0.15) is 93.6 Å². The monoisotopic (exact) mass is 952 g/mol. The lowest BCUT2D eigenvalue weighted by Crippen LogP contribution is -2.59. The van der Waals surface area contributed by atoms with Crippen LogP contribution in [0, 0.1) is 29.6 Å². The van der Waals surface area contributed by atoms with Crippen LogP contribution in [0.15, 0.2) is 66.4 Å². The van der Waals surface area contributed by atoms with Gasteiger partial charge in [-0.05, 0) is 56.9 Å². The van der Waals surface area contributed by atoms with E-state index in [1.165, 1.54) is 27.8 Å². The van der Waals surface area contributed by atoms with Crippen molar-refractivity contribution in [3.8, 4) is 0 Å². The van der Waals surface area contributed by atoms with Crippen molar-refractivity contribution in [1.82, 2.24) is 36.8 Å². The summed E-state index contributed by atoms with van der Waals surface area (Å²) in [6, 6.07) is 1.39. The highest BCUT2D eigenvalue weighted by Crippen LogP contribution is 2.19. The first-order chi connectivity index (χ1) is 31.8. The van der Waals surface area contributed by atoms with Crippen molar-refractivity contribution in [3.63, 3.8) is 0 Å². The number of likely N-dealkylation sites (N-methyl/N-ethyl adjacent to an activating group) is 1. The van der Waals surface area contributed by atoms with E-state index in [0.29, 0.717) is 6.42 Å². The van der Waals surface area contributed by atoms with E-state index in [9.17, 15) is 53.4 Å². The molecule has 0 bridgehead atoms. The van der Waals surface area contributed by atoms with Crippen molar-refractivity contribution in [3.05, 3.63) is 72.0 Å². The molecule has 1 aliphatic heterocycles. The molecule has 0 spiro atoms. The topological polar surface area (TPSA) is 279 Å². The Morgan fingerprint density at radius 2 is 1.31 bits per heavy atom. The highest BCUT2D eigenvalue weighted by atomic mass is 16.5. The fourth-order valence-electron chi connectivity index (χ4n) is 7.39. The maximum absolute atomic E-state index is 14.3. The maximum Gasteiger partial charge on any atom is 0.327 e. The van der Waals surface area contributed by atoms with E-state index in [1.807, 2.05) is 50.3 Å². The maximum atomic E-state index is 14.3. The van der Waals surface area contributed by atoms with Crippen LogP contribution >= 0.6 is 0 Å². The first-order valence-corrected chi connectivity index (χ1v) is 22.9. The van der Waals surface area contributed by atoms with Gasteiger partial charge in [-0.1, -0.05) is 109 Å². The van der Waals surface area contributed by atoms with Gasteiger partial charge in [-0.3, -0.25) is 33.6 Å². The van der Waals surface area contributed by atoms with Crippen LogP contribution in [-0.4, -0.2) is 125 Å². The number of nitrogens with one attached hydrogen (secondary N) is 6. The van der Waals surface area contributed by atoms with Crippen molar-refractivity contribution in [2.24, 2.45) is 29.6 Å². The van der Waals surface area contributed by atoms with E-state index in [1.54, 1.807) is 47.0 Å². The molecule has 0 saturated carbocycles. The summed E-state index contributed by atoms with van der Waals surface area (Å²) in [6.45, 7) is 18.6. The molecule has 0 aliphatic carbocycles. The molecule has 1 aromatic rings. The van der Waals surface area contributed by atoms with Gasteiger partial charge in [0.25, 0.3) is 5.91 Å². The Morgan fingerprint density at radius 1 is 0.765 bits per heavy atom. The Kier molecular flexibility index (Phi) is 23.3. The summed E-state index contributed by atoms with van der Waals surface area (Å²) in [5, 5.41) is 35.6. The summed E-state index contributed by atoms with van der Waals surface area (Å²) in [4.78, 5) is 121. The molecule has 2 rings (SSSR count). The van der Waals surface area contributed by atoms with E-state index < -0.39 is 120 Å². The Morgan fingerprint density at radius 3 is 1.84 bits per heavy atom. The van der Waals surface area contributed by atoms with Gasteiger partial charge in [-0.25, -0.2) is 9.59 Å². The van der Waals surface area contributed by atoms with Crippen LogP contribution in [0.25, 0.3) is 0 Å². The second kappa shape index (κ2) is 27.4. The van der Waals surface area contributed by atoms with E-state index in [-0.39, 0.29) is 36.7 Å². The van der Waals surface area contributed by atoms with E-state index in [0.717, 1.165) is 16.0 Å². The lowest BCUT2D eigenvalue weighted by Gasteiger charge is -2.29. The van der Waals surface area contributed by atoms with E-state index in [2.05, 4.69) is 38.5 Å². The number of hydrogen-bond acceptors (Lipinski definition) is 10. The number of carbonyl (C=O) groups is 9. The molecule has 68 heavy (non-hydrogen) atoms. The van der Waals surface area contributed by atoms with Crippen molar-refractivity contribution < 1.29 is 58.1 Å². The van der Waals surface area contributed by atoms with Gasteiger partial charge in [-0.2, -0.15) is 0 Å². The summed E-state index contributed by atoms with van der Waals surface area (Å²) in [7, 11) is 2.85. The van der Waals surface area contributed by atoms with Crippen LogP contribution < -0.4 is 31.9 Å². The summed E-state index contributed by atoms with van der Waals surface area (Å²) >= 11 is 0. The van der Waals surface area contributed by atoms with Crippen LogP contribution in [0.4, 0.5) is 0 Å². The molecule has 19 heteroatoms. The lowest BCUT2D eigenvalue weighted by molar-refractivity contribution is -0.146. The van der Waals surface area contributed by atoms with Crippen molar-refractivity contribution >= 4 is 53.3 Å². The van der Waals surface area contributed by atoms with E-state index >= 15 is 0 Å². The molecule has 19 nitrogen and oxygen atoms in total. The highest BCUT2D eigenvalue weighted by molar-refractivity contribution is 6.00. The van der Waals surface area contributed by atoms with Crippen molar-refractivity contribution in [1.29, 1.82) is 0 Å². The standard InChI is InChI=1S/C49H73N7O12/c1-26(2)22-37-46(62)51-35(19-18-28(5)24-29(6)39(68-12)25-34-16-14-13-15-17-34)30(7)42(58)52-36(48(64)65)20-21-40(57)56(11)33(10)45(61)50-32(9)44(60)54-38(23-27(3)4)47(63)55-41(49(66)67)31(8)43(59)53-37/h13-19,24,26-27,29-32,35-39,41H,10,20-23,25H2,1-9,11-12H3,(H,50,61)(H,51,62)(H,52,58)(H,53,59)(H,54,60)(H,55,63)(H,64,65)(H,66,67)/b19-18+,28-24+/t29-,30-,31-,32?,35-,36+,37-,38-,39-,41+/m0/s1. The summed E-state index contributed by atoms with van der Waals surface area (Å²) in [6.07, 6.45) is 4.90. The first kappa shape index (κ1) is 57.8. The second-order valence-corrected chi connectivity index (χ2v) is 18.4. The zero-order chi connectivity index (χ0) is 51.6. The van der Waals surface area contributed by atoms with E-state index in [4.69, 9.17) is 4.74 Å². The van der Waals surface area contributed by atoms with Gasteiger partial charge < -0.3 is 51.8 Å². The minimum atomic E-state index is -1.83. The number of aliphatic carboxylic acids is 2. The van der Waals surface area contributed by atoms with Gasteiger partial charge in [0.15, 0.2) is 0 Å². The molecule has 7 amide bonds. The summed E-state index contributed by atoms with van der Waals surface area (Å²) in [5.74, 6) is -12.0. The minimum Gasteiger partial charge on any atom is -0.480 e. The van der Waals surface area contributed by atoms with Gasteiger partial charge in [0.2, 0.25) is 35.4 Å². The highest BCUT2D eigenvalue weighted by Gasteiger charge is 2.37. The smallest absolute Gasteiger partial charge is 0.327 e. The molecule has 10 atom stereocenters. The Hall–Kier alpha value is -6.37. The predicted octanol–water partition coefficient (Wildman–Crippen LogP) is 2.61. The van der Waals surface area contributed by atoms with Gasteiger partial charge >= 0.3 is 11.9 Å². The zero-order valence-corrected chi connectivity index (χ0v) is 41.2. The molecular weight excluding hydrogens is 879 g/mol. The van der Waals surface area contributed by atoms with Gasteiger partial charge in [-0.15, -0.1) is 0 Å². The third-order valence-electron chi connectivity index (χ3n) is 11.7. The molecule has 1 saturated heterocycles. The zero-order valence-electron chi connectivity index (χ0n) is 41.2. The Labute approximate surface area is 399 Å². The number of rotatable bonds is 13. The number of allylic oxidation sites excluding steroid dienone is 2. The molecule has 0 aromatic heterocycles. The lowest BCUT2D eigenvalue weighted by atomic mass is 9.94. The number of ether oxygens (including phenoxy) is 1. The normalized spacial score (nSPS) is 26.1.